The number of methoxy groups -OCH3 is 1. The smallest absolute Gasteiger partial charge is 0.241 e. The zero-order chi connectivity index (χ0) is 15.9. The number of tetrazole rings is 1. The summed E-state index contributed by atoms with van der Waals surface area (Å²) in [6, 6.07) is 7.87. The molecule has 1 unspecified atom stereocenters. The van der Waals surface area contributed by atoms with Crippen molar-refractivity contribution >= 4 is 5.91 Å². The van der Waals surface area contributed by atoms with Crippen LogP contribution in [0.4, 0.5) is 0 Å². The lowest BCUT2D eigenvalue weighted by molar-refractivity contribution is -0.122. The predicted octanol–water partition coefficient (Wildman–Crippen LogP) is 0.101. The third-order valence-corrected chi connectivity index (χ3v) is 3.29. The van der Waals surface area contributed by atoms with Gasteiger partial charge in [0.2, 0.25) is 5.91 Å². The Labute approximate surface area is 129 Å². The first-order valence-corrected chi connectivity index (χ1v) is 6.88. The van der Waals surface area contributed by atoms with Gasteiger partial charge in [0.1, 0.15) is 18.6 Å². The van der Waals surface area contributed by atoms with E-state index in [1.807, 2.05) is 43.3 Å². The van der Waals surface area contributed by atoms with E-state index in [2.05, 4.69) is 20.8 Å². The third kappa shape index (κ3) is 4.26. The number of carbonyl (C=O) groups excluding carboxylic acids is 1. The normalized spacial score (nSPS) is 12.2. The molecule has 1 aromatic heterocycles. The van der Waals surface area contributed by atoms with Crippen molar-refractivity contribution in [3.63, 3.8) is 0 Å². The van der Waals surface area contributed by atoms with E-state index in [4.69, 9.17) is 4.74 Å². The molecule has 1 heterocycles. The number of carbonyl (C=O) groups is 1. The number of nitrogens with one attached hydrogen (secondary N) is 1. The quantitative estimate of drug-likeness (QED) is 0.781. The van der Waals surface area contributed by atoms with Crippen molar-refractivity contribution in [1.29, 1.82) is 0 Å². The minimum Gasteiger partial charge on any atom is -0.497 e. The summed E-state index contributed by atoms with van der Waals surface area (Å²) in [6.07, 6.45) is 1.41. The lowest BCUT2D eigenvalue weighted by atomic mass is 10.1. The summed E-state index contributed by atoms with van der Waals surface area (Å²) in [6.45, 7) is 0.590. The first kappa shape index (κ1) is 15.9. The number of amides is 1. The lowest BCUT2D eigenvalue weighted by Gasteiger charge is -2.25. The van der Waals surface area contributed by atoms with Gasteiger partial charge in [0.15, 0.2) is 0 Å². The largest absolute Gasteiger partial charge is 0.497 e. The van der Waals surface area contributed by atoms with E-state index in [9.17, 15) is 4.79 Å². The molecule has 0 saturated heterocycles. The van der Waals surface area contributed by atoms with Crippen molar-refractivity contribution in [2.45, 2.75) is 12.6 Å². The van der Waals surface area contributed by atoms with E-state index in [1.165, 1.54) is 11.0 Å². The summed E-state index contributed by atoms with van der Waals surface area (Å²) < 4.78 is 6.63. The summed E-state index contributed by atoms with van der Waals surface area (Å²) >= 11 is 0. The molecule has 2 rings (SSSR count). The van der Waals surface area contributed by atoms with E-state index in [1.54, 1.807) is 7.11 Å². The maximum atomic E-state index is 11.9. The number of benzene rings is 1. The second-order valence-electron chi connectivity index (χ2n) is 5.07. The number of hydrogen-bond acceptors (Lipinski definition) is 6. The molecule has 118 valence electrons. The van der Waals surface area contributed by atoms with Crippen LogP contribution in [0.5, 0.6) is 5.75 Å². The Balaban J connectivity index is 1.98. The van der Waals surface area contributed by atoms with Crippen LogP contribution in [-0.4, -0.2) is 58.8 Å². The van der Waals surface area contributed by atoms with E-state index >= 15 is 0 Å². The minimum absolute atomic E-state index is 0.0490. The second kappa shape index (κ2) is 7.51. The molecular formula is C14H20N6O2. The predicted molar refractivity (Wildman–Crippen MR) is 80.2 cm³/mol. The van der Waals surface area contributed by atoms with Crippen molar-refractivity contribution < 1.29 is 9.53 Å². The highest BCUT2D eigenvalue weighted by atomic mass is 16.5. The summed E-state index contributed by atoms with van der Waals surface area (Å²) in [5.41, 5.74) is 1.08. The first-order chi connectivity index (χ1) is 10.6. The van der Waals surface area contributed by atoms with Gasteiger partial charge in [0.05, 0.1) is 13.2 Å². The van der Waals surface area contributed by atoms with Crippen molar-refractivity contribution in [1.82, 2.24) is 30.4 Å². The highest BCUT2D eigenvalue weighted by Crippen LogP contribution is 2.21. The van der Waals surface area contributed by atoms with Gasteiger partial charge < -0.3 is 15.0 Å². The number of nitrogens with zero attached hydrogens (tertiary/aromatic N) is 5. The Hall–Kier alpha value is -2.48. The van der Waals surface area contributed by atoms with Crippen LogP contribution in [0.15, 0.2) is 30.6 Å². The van der Waals surface area contributed by atoms with Gasteiger partial charge in [-0.05, 0) is 42.2 Å². The maximum absolute atomic E-state index is 11.9. The molecule has 8 nitrogen and oxygen atoms in total. The molecule has 1 amide bonds. The monoisotopic (exact) mass is 304 g/mol. The first-order valence-electron chi connectivity index (χ1n) is 6.88. The molecule has 0 aliphatic rings. The van der Waals surface area contributed by atoms with Crippen molar-refractivity contribution in [3.8, 4) is 5.75 Å². The third-order valence-electron chi connectivity index (χ3n) is 3.29. The molecule has 2 aromatic rings. The zero-order valence-corrected chi connectivity index (χ0v) is 12.9. The van der Waals surface area contributed by atoms with E-state index < -0.39 is 0 Å². The molecule has 0 aliphatic carbocycles. The van der Waals surface area contributed by atoms with Gasteiger partial charge in [-0.2, -0.15) is 0 Å². The number of hydrogen-bond donors (Lipinski definition) is 1. The van der Waals surface area contributed by atoms with Crippen molar-refractivity contribution in [3.05, 3.63) is 36.2 Å². The molecule has 0 fully saturated rings. The van der Waals surface area contributed by atoms with Gasteiger partial charge in [0.25, 0.3) is 0 Å². The fraction of sp³-hybridized carbons (Fsp3) is 0.429. The fourth-order valence-electron chi connectivity index (χ4n) is 2.11. The van der Waals surface area contributed by atoms with Crippen LogP contribution in [0.25, 0.3) is 0 Å². The molecule has 1 N–H and O–H groups in total. The molecular weight excluding hydrogens is 284 g/mol. The van der Waals surface area contributed by atoms with Gasteiger partial charge in [-0.25, -0.2) is 4.68 Å². The van der Waals surface area contributed by atoms with Crippen LogP contribution in [0.2, 0.25) is 0 Å². The van der Waals surface area contributed by atoms with E-state index in [0.717, 1.165) is 11.3 Å². The molecule has 0 aliphatic heterocycles. The van der Waals surface area contributed by atoms with Gasteiger partial charge >= 0.3 is 0 Å². The Kier molecular flexibility index (Phi) is 5.42. The van der Waals surface area contributed by atoms with Gasteiger partial charge in [0, 0.05) is 6.54 Å². The van der Waals surface area contributed by atoms with Crippen LogP contribution >= 0.6 is 0 Å². The van der Waals surface area contributed by atoms with Gasteiger partial charge in [-0.1, -0.05) is 12.1 Å². The van der Waals surface area contributed by atoms with Crippen LogP contribution in [0.3, 0.4) is 0 Å². The number of ether oxygens (including phenoxy) is 1. The summed E-state index contributed by atoms with van der Waals surface area (Å²) in [4.78, 5) is 14.0. The van der Waals surface area contributed by atoms with Crippen molar-refractivity contribution in [2.24, 2.45) is 0 Å². The summed E-state index contributed by atoms with van der Waals surface area (Å²) in [7, 11) is 5.58. The highest BCUT2D eigenvalue weighted by Gasteiger charge is 2.16. The maximum Gasteiger partial charge on any atom is 0.241 e. The van der Waals surface area contributed by atoms with Crippen molar-refractivity contribution in [2.75, 3.05) is 27.7 Å². The van der Waals surface area contributed by atoms with Crippen LogP contribution in [0.1, 0.15) is 11.6 Å². The minimum atomic E-state index is -0.137. The molecule has 0 radical (unpaired) electrons. The van der Waals surface area contributed by atoms with Crippen LogP contribution < -0.4 is 10.1 Å². The molecule has 0 spiro atoms. The molecule has 1 aromatic carbocycles. The van der Waals surface area contributed by atoms with Crippen LogP contribution in [-0.2, 0) is 11.3 Å². The zero-order valence-electron chi connectivity index (χ0n) is 12.9. The number of rotatable bonds is 7. The SMILES string of the molecule is COc1cccc(C(CNC(=O)Cn2cnnn2)N(C)C)c1. The second-order valence-corrected chi connectivity index (χ2v) is 5.07. The average molecular weight is 304 g/mol. The molecule has 1 atom stereocenters. The van der Waals surface area contributed by atoms with Gasteiger partial charge in [-0.3, -0.25) is 4.79 Å². The topological polar surface area (TPSA) is 85.2 Å². The molecule has 0 saturated carbocycles. The average Bonchev–Trinajstić information content (AvgIpc) is 3.00. The Morgan fingerprint density at radius 1 is 1.45 bits per heavy atom. The number of likely N-dealkylation sites (N-methyl/N-ethyl adjacent to an activating group) is 1. The Bertz CT molecular complexity index is 599. The standard InChI is InChI=1S/C14H20N6O2/c1-19(2)13(11-5-4-6-12(7-11)22-3)8-15-14(21)9-20-10-16-17-18-20/h4-7,10,13H,8-9H2,1-3H3,(H,15,21). The molecule has 8 heteroatoms. The van der Waals surface area contributed by atoms with Crippen LogP contribution in [0, 0.1) is 0 Å². The van der Waals surface area contributed by atoms with E-state index in [0.29, 0.717) is 6.54 Å². The number of aromatic nitrogens is 4. The fourth-order valence-corrected chi connectivity index (χ4v) is 2.11. The Morgan fingerprint density at radius 3 is 2.91 bits per heavy atom. The summed E-state index contributed by atoms with van der Waals surface area (Å²) in [5.74, 6) is 0.659. The highest BCUT2D eigenvalue weighted by molar-refractivity contribution is 5.75. The lowest BCUT2D eigenvalue weighted by Crippen LogP contribution is -2.36. The van der Waals surface area contributed by atoms with E-state index in [-0.39, 0.29) is 18.5 Å². The summed E-state index contributed by atoms with van der Waals surface area (Å²) in [5, 5.41) is 13.6. The van der Waals surface area contributed by atoms with Gasteiger partial charge in [-0.15, -0.1) is 5.10 Å². The molecule has 0 bridgehead atoms. The Morgan fingerprint density at radius 2 is 2.27 bits per heavy atom. The molecule has 22 heavy (non-hydrogen) atoms.